The third kappa shape index (κ3) is 9.48. The summed E-state index contributed by atoms with van der Waals surface area (Å²) in [7, 11) is 0. The molecular weight excluding hydrogens is 132 g/mol. The molecule has 0 saturated heterocycles. The summed E-state index contributed by atoms with van der Waals surface area (Å²) in [5.41, 5.74) is 0. The van der Waals surface area contributed by atoms with Crippen molar-refractivity contribution < 1.29 is 0 Å². The van der Waals surface area contributed by atoms with Crippen molar-refractivity contribution in [1.82, 2.24) is 0 Å². The minimum absolute atomic E-state index is 1.21. The van der Waals surface area contributed by atoms with E-state index in [9.17, 15) is 0 Å². The van der Waals surface area contributed by atoms with Gasteiger partial charge in [0.25, 0.3) is 0 Å². The van der Waals surface area contributed by atoms with Gasteiger partial charge in [0.05, 0.1) is 0 Å². The molecule has 0 heterocycles. The quantitative estimate of drug-likeness (QED) is 0.399. The normalized spacial score (nSPS) is 11.8. The van der Waals surface area contributed by atoms with Gasteiger partial charge in [-0.25, -0.2) is 0 Å². The van der Waals surface area contributed by atoms with Gasteiger partial charge in [0.15, 0.2) is 0 Å². The van der Waals surface area contributed by atoms with Gasteiger partial charge in [-0.2, -0.15) is 0 Å². The molecule has 0 amide bonds. The largest absolute Gasteiger partial charge is 0.0845 e. The third-order valence-corrected chi connectivity index (χ3v) is 1.61. The first-order chi connectivity index (χ1) is 5.41. The maximum atomic E-state index is 3.60. The third-order valence-electron chi connectivity index (χ3n) is 1.61. The van der Waals surface area contributed by atoms with Crippen LogP contribution in [0, 0.1) is 6.92 Å². The molecule has 0 fully saturated rings. The smallest absolute Gasteiger partial charge is 0.0313 e. The van der Waals surface area contributed by atoms with Crippen molar-refractivity contribution in [3.8, 4) is 0 Å². The lowest BCUT2D eigenvalue weighted by Gasteiger charge is -1.92. The molecule has 0 spiro atoms. The van der Waals surface area contributed by atoms with E-state index in [4.69, 9.17) is 0 Å². The maximum absolute atomic E-state index is 3.60. The first kappa shape index (κ1) is 10.5. The van der Waals surface area contributed by atoms with Gasteiger partial charge in [-0.05, 0) is 19.8 Å². The summed E-state index contributed by atoms with van der Waals surface area (Å²) in [4.78, 5) is 0. The van der Waals surface area contributed by atoms with Crippen molar-refractivity contribution in [2.75, 3.05) is 0 Å². The molecule has 0 aliphatic carbocycles. The van der Waals surface area contributed by atoms with Crippen LogP contribution >= 0.6 is 0 Å². The van der Waals surface area contributed by atoms with Crippen LogP contribution in [0.15, 0.2) is 24.3 Å². The molecule has 1 radical (unpaired) electrons. The van der Waals surface area contributed by atoms with Gasteiger partial charge in [-0.3, -0.25) is 0 Å². The van der Waals surface area contributed by atoms with Gasteiger partial charge in [0.1, 0.15) is 0 Å². The van der Waals surface area contributed by atoms with Crippen LogP contribution in [0.25, 0.3) is 0 Å². The minimum atomic E-state index is 1.21. The Kier molecular flexibility index (Phi) is 9.03. The Hall–Kier alpha value is -0.520. The van der Waals surface area contributed by atoms with Crippen molar-refractivity contribution in [2.45, 2.75) is 39.0 Å². The second kappa shape index (κ2) is 9.48. The Labute approximate surface area is 71.0 Å². The molecule has 0 unspecified atom stereocenters. The lowest BCUT2D eigenvalue weighted by atomic mass is 10.1. The van der Waals surface area contributed by atoms with E-state index in [0.29, 0.717) is 0 Å². The summed E-state index contributed by atoms with van der Waals surface area (Å²) in [6.07, 6.45) is 14.7. The molecule has 0 aliphatic heterocycles. The second-order valence-electron chi connectivity index (χ2n) is 2.71. The fourth-order valence-corrected chi connectivity index (χ4v) is 0.942. The van der Waals surface area contributed by atoms with Crippen molar-refractivity contribution in [3.63, 3.8) is 0 Å². The van der Waals surface area contributed by atoms with Crippen LogP contribution in [0.4, 0.5) is 0 Å². The molecule has 0 bridgehead atoms. The van der Waals surface area contributed by atoms with Crippen molar-refractivity contribution in [2.24, 2.45) is 0 Å². The lowest BCUT2D eigenvalue weighted by Crippen LogP contribution is -1.72. The van der Waals surface area contributed by atoms with E-state index < -0.39 is 0 Å². The standard InChI is InChI=1S/C11H19/c1-3-5-7-9-11-10-8-6-4-2/h3,5,7,9H,1,4,6,8,10-11H2,2H3/b5-3+,9-7+. The Morgan fingerprint density at radius 2 is 1.91 bits per heavy atom. The van der Waals surface area contributed by atoms with Crippen LogP contribution in [-0.2, 0) is 0 Å². The lowest BCUT2D eigenvalue weighted by molar-refractivity contribution is 0.674. The van der Waals surface area contributed by atoms with Crippen molar-refractivity contribution >= 4 is 0 Å². The first-order valence-corrected chi connectivity index (χ1v) is 4.52. The fourth-order valence-electron chi connectivity index (χ4n) is 0.942. The highest BCUT2D eigenvalue weighted by Gasteiger charge is 1.82. The molecule has 11 heavy (non-hydrogen) atoms. The van der Waals surface area contributed by atoms with E-state index >= 15 is 0 Å². The number of allylic oxidation sites excluding steroid dienone is 4. The summed E-state index contributed by atoms with van der Waals surface area (Å²) >= 11 is 0. The molecule has 0 saturated carbocycles. The van der Waals surface area contributed by atoms with E-state index in [1.54, 1.807) is 0 Å². The summed E-state index contributed by atoms with van der Waals surface area (Å²) in [6, 6.07) is 0. The molecule has 0 aromatic heterocycles. The van der Waals surface area contributed by atoms with Gasteiger partial charge in [-0.1, -0.05) is 50.5 Å². The second-order valence-corrected chi connectivity index (χ2v) is 2.71. The molecular formula is C11H19. The van der Waals surface area contributed by atoms with Crippen molar-refractivity contribution in [3.05, 3.63) is 31.2 Å². The first-order valence-electron chi connectivity index (χ1n) is 4.52. The van der Waals surface area contributed by atoms with Gasteiger partial charge >= 0.3 is 0 Å². The van der Waals surface area contributed by atoms with E-state index in [-0.39, 0.29) is 0 Å². The zero-order chi connectivity index (χ0) is 8.36. The number of hydrogen-bond acceptors (Lipinski definition) is 0. The predicted molar refractivity (Wildman–Crippen MR) is 52.4 cm³/mol. The number of rotatable bonds is 6. The van der Waals surface area contributed by atoms with Crippen LogP contribution in [0.5, 0.6) is 0 Å². The van der Waals surface area contributed by atoms with E-state index in [2.05, 4.69) is 26.0 Å². The molecule has 0 nitrogen and oxygen atoms in total. The zero-order valence-corrected chi connectivity index (χ0v) is 7.55. The Morgan fingerprint density at radius 1 is 1.09 bits per heavy atom. The Bertz CT molecular complexity index is 109. The fraction of sp³-hybridized carbons (Fsp3) is 0.545. The summed E-state index contributed by atoms with van der Waals surface area (Å²) in [6.45, 7) is 5.84. The van der Waals surface area contributed by atoms with Crippen LogP contribution in [0.2, 0.25) is 0 Å². The molecule has 0 aliphatic rings. The summed E-state index contributed by atoms with van der Waals surface area (Å²) in [5.74, 6) is 0. The average Bonchev–Trinajstić information content (AvgIpc) is 2.03. The number of unbranched alkanes of at least 4 members (excludes halogenated alkanes) is 4. The van der Waals surface area contributed by atoms with Gasteiger partial charge in [0, 0.05) is 0 Å². The summed E-state index contributed by atoms with van der Waals surface area (Å²) < 4.78 is 0. The number of hydrogen-bond donors (Lipinski definition) is 0. The van der Waals surface area contributed by atoms with E-state index in [1.165, 1.54) is 32.1 Å². The topological polar surface area (TPSA) is 0 Å². The van der Waals surface area contributed by atoms with Gasteiger partial charge < -0.3 is 0 Å². The van der Waals surface area contributed by atoms with Crippen LogP contribution in [0.3, 0.4) is 0 Å². The average molecular weight is 151 g/mol. The van der Waals surface area contributed by atoms with Crippen molar-refractivity contribution in [1.29, 1.82) is 0 Å². The highest BCUT2D eigenvalue weighted by atomic mass is 13.9. The highest BCUT2D eigenvalue weighted by Crippen LogP contribution is 2.02. The Balaban J connectivity index is 3.01. The molecule has 63 valence electrons. The molecule has 0 aromatic carbocycles. The molecule has 0 N–H and O–H groups in total. The van der Waals surface area contributed by atoms with Gasteiger partial charge in [0.2, 0.25) is 0 Å². The molecule has 0 heteroatoms. The highest BCUT2D eigenvalue weighted by molar-refractivity contribution is 5.03. The van der Waals surface area contributed by atoms with Crippen LogP contribution in [-0.4, -0.2) is 0 Å². The van der Waals surface area contributed by atoms with Gasteiger partial charge in [-0.15, -0.1) is 0 Å². The zero-order valence-electron chi connectivity index (χ0n) is 7.55. The SMILES string of the molecule is [CH2]/C=C/C=C/CCCCCC. The molecule has 0 rings (SSSR count). The monoisotopic (exact) mass is 151 g/mol. The maximum Gasteiger partial charge on any atom is -0.0313 e. The van der Waals surface area contributed by atoms with Crippen LogP contribution in [0.1, 0.15) is 39.0 Å². The van der Waals surface area contributed by atoms with E-state index in [1.807, 2.05) is 12.2 Å². The predicted octanol–water partition coefficient (Wildman–Crippen LogP) is 3.90. The minimum Gasteiger partial charge on any atom is -0.0845 e. The molecule has 0 atom stereocenters. The molecule has 0 aromatic rings. The summed E-state index contributed by atoms with van der Waals surface area (Å²) in [5, 5.41) is 0. The van der Waals surface area contributed by atoms with E-state index in [0.717, 1.165) is 0 Å². The Morgan fingerprint density at radius 3 is 2.55 bits per heavy atom. The van der Waals surface area contributed by atoms with Crippen LogP contribution < -0.4 is 0 Å².